The van der Waals surface area contributed by atoms with E-state index in [0.29, 0.717) is 5.92 Å². The van der Waals surface area contributed by atoms with E-state index in [1.807, 2.05) is 5.32 Å². The monoisotopic (exact) mass is 324 g/mol. The average Bonchev–Trinajstić information content (AvgIpc) is 3.12. The number of hydrogen-bond acceptors (Lipinski definition) is 3. The van der Waals surface area contributed by atoms with Crippen molar-refractivity contribution in [1.82, 2.24) is 5.32 Å². The molecule has 2 saturated carbocycles. The predicted octanol–water partition coefficient (Wildman–Crippen LogP) is 1.43. The number of aliphatic hydroxyl groups is 1. The summed E-state index contributed by atoms with van der Waals surface area (Å²) in [5.74, 6) is -3.40. The molecule has 2 aliphatic carbocycles. The summed E-state index contributed by atoms with van der Waals surface area (Å²) in [5, 5.41) is 14.0. The third-order valence-electron chi connectivity index (χ3n) is 5.00. The minimum absolute atomic E-state index is 0.0460. The summed E-state index contributed by atoms with van der Waals surface area (Å²) in [5.41, 5.74) is -0.640. The Balaban J connectivity index is 1.65. The normalized spacial score (nSPS) is 28.7. The molecule has 0 unspecified atom stereocenters. The molecule has 7 heteroatoms. The number of nitrogens with one attached hydrogen (secondary N) is 2. The average molecular weight is 324 g/mol. The minimum atomic E-state index is -1.12. The minimum Gasteiger partial charge on any atom is -0.396 e. The van der Waals surface area contributed by atoms with E-state index in [9.17, 15) is 23.5 Å². The first-order chi connectivity index (χ1) is 11.0. The number of halogens is 2. The molecule has 2 bridgehead atoms. The van der Waals surface area contributed by atoms with E-state index in [4.69, 9.17) is 0 Å². The van der Waals surface area contributed by atoms with E-state index < -0.39 is 29.1 Å². The van der Waals surface area contributed by atoms with Crippen molar-refractivity contribution in [2.75, 3.05) is 11.9 Å². The van der Waals surface area contributed by atoms with E-state index in [1.54, 1.807) is 0 Å². The fraction of sp³-hybridized carbons (Fsp3) is 0.500. The Labute approximate surface area is 132 Å². The third kappa shape index (κ3) is 2.93. The lowest BCUT2D eigenvalue weighted by atomic mass is 9.85. The largest absolute Gasteiger partial charge is 0.396 e. The van der Waals surface area contributed by atoms with Gasteiger partial charge in [0.1, 0.15) is 17.3 Å². The Bertz CT molecular complexity index is 618. The Morgan fingerprint density at radius 2 is 1.78 bits per heavy atom. The lowest BCUT2D eigenvalue weighted by Crippen LogP contribution is -2.48. The molecule has 1 aromatic rings. The van der Waals surface area contributed by atoms with E-state index in [2.05, 4.69) is 5.32 Å². The number of amides is 2. The van der Waals surface area contributed by atoms with Crippen molar-refractivity contribution in [3.05, 3.63) is 29.8 Å². The molecule has 0 aromatic heterocycles. The summed E-state index contributed by atoms with van der Waals surface area (Å²) in [6, 6.07) is 2.90. The zero-order valence-corrected chi connectivity index (χ0v) is 12.4. The molecule has 0 saturated heterocycles. The summed E-state index contributed by atoms with van der Waals surface area (Å²) in [7, 11) is 0. The molecule has 0 heterocycles. The van der Waals surface area contributed by atoms with E-state index in [1.165, 1.54) is 6.07 Å². The SMILES string of the molecule is O=C(Nc1c(F)cccc1F)C(=O)N[C@@H]1[C@H]2CC[C@@H](C2)[C@H]1CO. The van der Waals surface area contributed by atoms with Gasteiger partial charge in [-0.15, -0.1) is 0 Å². The van der Waals surface area contributed by atoms with Gasteiger partial charge in [-0.3, -0.25) is 9.59 Å². The van der Waals surface area contributed by atoms with Gasteiger partial charge in [-0.25, -0.2) is 8.78 Å². The quantitative estimate of drug-likeness (QED) is 0.736. The van der Waals surface area contributed by atoms with Crippen LogP contribution in [0.15, 0.2) is 18.2 Å². The predicted molar refractivity (Wildman–Crippen MR) is 78.3 cm³/mol. The number of aliphatic hydroxyl groups excluding tert-OH is 1. The zero-order valence-electron chi connectivity index (χ0n) is 12.4. The first kappa shape index (κ1) is 15.9. The second-order valence-electron chi connectivity index (χ2n) is 6.23. The first-order valence-corrected chi connectivity index (χ1v) is 7.68. The number of carbonyl (C=O) groups is 2. The Morgan fingerprint density at radius 1 is 1.13 bits per heavy atom. The van der Waals surface area contributed by atoms with Gasteiger partial charge in [-0.05, 0) is 43.2 Å². The van der Waals surface area contributed by atoms with Gasteiger partial charge in [-0.1, -0.05) is 6.07 Å². The van der Waals surface area contributed by atoms with E-state index in [0.717, 1.165) is 31.4 Å². The molecule has 124 valence electrons. The van der Waals surface area contributed by atoms with Crippen LogP contribution in [0.4, 0.5) is 14.5 Å². The van der Waals surface area contributed by atoms with Crippen LogP contribution in [0.5, 0.6) is 0 Å². The summed E-state index contributed by atoms with van der Waals surface area (Å²) in [6.07, 6.45) is 2.91. The van der Waals surface area contributed by atoms with Crippen molar-refractivity contribution in [2.45, 2.75) is 25.3 Å². The molecule has 5 nitrogen and oxygen atoms in total. The maximum absolute atomic E-state index is 13.5. The summed E-state index contributed by atoms with van der Waals surface area (Å²) in [6.45, 7) is -0.0460. The smallest absolute Gasteiger partial charge is 0.313 e. The van der Waals surface area contributed by atoms with Crippen LogP contribution in [0, 0.1) is 29.4 Å². The molecule has 2 aliphatic rings. The van der Waals surface area contributed by atoms with Crippen molar-refractivity contribution in [2.24, 2.45) is 17.8 Å². The van der Waals surface area contributed by atoms with Crippen LogP contribution in [0.1, 0.15) is 19.3 Å². The molecular weight excluding hydrogens is 306 g/mol. The van der Waals surface area contributed by atoms with Crippen LogP contribution in [0.2, 0.25) is 0 Å². The highest BCUT2D eigenvalue weighted by Crippen LogP contribution is 2.48. The summed E-state index contributed by atoms with van der Waals surface area (Å²) in [4.78, 5) is 23.9. The van der Waals surface area contributed by atoms with E-state index in [-0.39, 0.29) is 24.5 Å². The molecule has 0 aliphatic heterocycles. The number of hydrogen-bond donors (Lipinski definition) is 3. The van der Waals surface area contributed by atoms with Gasteiger partial charge in [0.15, 0.2) is 0 Å². The van der Waals surface area contributed by atoms with Crippen molar-refractivity contribution < 1.29 is 23.5 Å². The van der Waals surface area contributed by atoms with Crippen molar-refractivity contribution in [3.63, 3.8) is 0 Å². The molecule has 23 heavy (non-hydrogen) atoms. The second-order valence-corrected chi connectivity index (χ2v) is 6.23. The summed E-state index contributed by atoms with van der Waals surface area (Å²) >= 11 is 0. The molecule has 1 aromatic carbocycles. The maximum atomic E-state index is 13.5. The molecule has 2 amide bonds. The van der Waals surface area contributed by atoms with Crippen molar-refractivity contribution >= 4 is 17.5 Å². The van der Waals surface area contributed by atoms with E-state index >= 15 is 0 Å². The Hall–Kier alpha value is -2.02. The Morgan fingerprint density at radius 3 is 2.43 bits per heavy atom. The lowest BCUT2D eigenvalue weighted by molar-refractivity contribution is -0.137. The van der Waals surface area contributed by atoms with Crippen LogP contribution < -0.4 is 10.6 Å². The molecule has 2 fully saturated rings. The number of benzene rings is 1. The van der Waals surface area contributed by atoms with Crippen LogP contribution >= 0.6 is 0 Å². The topological polar surface area (TPSA) is 78.4 Å². The van der Waals surface area contributed by atoms with Crippen LogP contribution in [-0.2, 0) is 9.59 Å². The van der Waals surface area contributed by atoms with Gasteiger partial charge >= 0.3 is 11.8 Å². The molecule has 0 spiro atoms. The van der Waals surface area contributed by atoms with Gasteiger partial charge in [0.25, 0.3) is 0 Å². The zero-order chi connectivity index (χ0) is 16.6. The molecule has 3 N–H and O–H groups in total. The molecule has 4 atom stereocenters. The van der Waals surface area contributed by atoms with Crippen LogP contribution in [0.25, 0.3) is 0 Å². The standard InChI is InChI=1S/C16H18F2N2O3/c17-11-2-1-3-12(18)14(11)20-16(23)15(22)19-13-9-5-4-8(6-9)10(13)7-21/h1-3,8-10,13,21H,4-7H2,(H,19,22)(H,20,23)/t8-,9-,10+,13+/m0/s1. The fourth-order valence-electron chi connectivity index (χ4n) is 3.90. The number of anilines is 1. The van der Waals surface area contributed by atoms with Gasteiger partial charge in [0.05, 0.1) is 0 Å². The summed E-state index contributed by atoms with van der Waals surface area (Å²) < 4.78 is 27.0. The maximum Gasteiger partial charge on any atom is 0.313 e. The number of carbonyl (C=O) groups excluding carboxylic acids is 2. The van der Waals surface area contributed by atoms with Crippen LogP contribution in [-0.4, -0.2) is 29.6 Å². The molecule has 3 rings (SSSR count). The first-order valence-electron chi connectivity index (χ1n) is 7.68. The lowest BCUT2D eigenvalue weighted by Gasteiger charge is -2.30. The highest BCUT2D eigenvalue weighted by atomic mass is 19.1. The molecule has 0 radical (unpaired) electrons. The molecular formula is C16H18F2N2O3. The van der Waals surface area contributed by atoms with Gasteiger partial charge in [0.2, 0.25) is 0 Å². The fourth-order valence-corrected chi connectivity index (χ4v) is 3.90. The number of para-hydroxylation sites is 1. The Kier molecular flexibility index (Phi) is 4.30. The van der Waals surface area contributed by atoms with Gasteiger partial charge in [-0.2, -0.15) is 0 Å². The second kappa shape index (κ2) is 6.23. The number of rotatable bonds is 3. The van der Waals surface area contributed by atoms with Crippen LogP contribution in [0.3, 0.4) is 0 Å². The highest BCUT2D eigenvalue weighted by molar-refractivity contribution is 6.39. The number of fused-ring (bicyclic) bond motifs is 2. The van der Waals surface area contributed by atoms with Crippen molar-refractivity contribution in [3.8, 4) is 0 Å². The third-order valence-corrected chi connectivity index (χ3v) is 5.00. The van der Waals surface area contributed by atoms with Crippen molar-refractivity contribution in [1.29, 1.82) is 0 Å². The van der Waals surface area contributed by atoms with Gasteiger partial charge < -0.3 is 15.7 Å². The van der Waals surface area contributed by atoms with Gasteiger partial charge in [0, 0.05) is 18.6 Å². The highest BCUT2D eigenvalue weighted by Gasteiger charge is 2.48.